The van der Waals surface area contributed by atoms with Gasteiger partial charge in [0.1, 0.15) is 18.2 Å². The molecule has 1 aliphatic heterocycles. The van der Waals surface area contributed by atoms with Crippen molar-refractivity contribution in [2.24, 2.45) is 5.92 Å². The molecule has 5 nitrogen and oxygen atoms in total. The normalized spacial score (nSPS) is 20.1. The molecule has 6 heteroatoms. The molecular formula is C17H26FN3O2. The molecule has 1 unspecified atom stereocenters. The molecule has 23 heavy (non-hydrogen) atoms. The fourth-order valence-corrected chi connectivity index (χ4v) is 2.79. The van der Waals surface area contributed by atoms with Crippen LogP contribution in [0.4, 0.5) is 4.39 Å². The van der Waals surface area contributed by atoms with Gasteiger partial charge in [0.2, 0.25) is 5.91 Å². The summed E-state index contributed by atoms with van der Waals surface area (Å²) < 4.78 is 18.5. The van der Waals surface area contributed by atoms with E-state index < -0.39 is 0 Å². The Kier molecular flexibility index (Phi) is 6.36. The predicted molar refractivity (Wildman–Crippen MR) is 88.0 cm³/mol. The molecule has 1 atom stereocenters. The molecule has 0 saturated carbocycles. The van der Waals surface area contributed by atoms with Gasteiger partial charge >= 0.3 is 0 Å². The van der Waals surface area contributed by atoms with E-state index in [-0.39, 0.29) is 17.6 Å². The number of likely N-dealkylation sites (N-methyl/N-ethyl adjacent to an activating group) is 1. The molecule has 1 aromatic carbocycles. The summed E-state index contributed by atoms with van der Waals surface area (Å²) in [5, 5.41) is 0. The Morgan fingerprint density at radius 2 is 1.96 bits per heavy atom. The fraction of sp³-hybridized carbons (Fsp3) is 0.588. The van der Waals surface area contributed by atoms with E-state index >= 15 is 0 Å². The third-order valence-electron chi connectivity index (χ3n) is 4.09. The van der Waals surface area contributed by atoms with E-state index in [1.165, 1.54) is 12.1 Å². The Balaban J connectivity index is 1.85. The zero-order valence-electron chi connectivity index (χ0n) is 14.2. The molecule has 1 amide bonds. The Bertz CT molecular complexity index is 507. The summed E-state index contributed by atoms with van der Waals surface area (Å²) in [5.41, 5.74) is 0. The number of nitrogens with zero attached hydrogens (tertiary/aromatic N) is 3. The van der Waals surface area contributed by atoms with Gasteiger partial charge in [0, 0.05) is 46.8 Å². The van der Waals surface area contributed by atoms with E-state index in [1.807, 2.05) is 0 Å². The minimum absolute atomic E-state index is 0.0108. The Morgan fingerprint density at radius 3 is 2.61 bits per heavy atom. The number of ether oxygens (including phenoxy) is 1. The topological polar surface area (TPSA) is 36.0 Å². The van der Waals surface area contributed by atoms with Crippen molar-refractivity contribution < 1.29 is 13.9 Å². The van der Waals surface area contributed by atoms with Gasteiger partial charge in [0.25, 0.3) is 0 Å². The predicted octanol–water partition coefficient (Wildman–Crippen LogP) is 1.16. The van der Waals surface area contributed by atoms with Crippen LogP contribution in [0.2, 0.25) is 0 Å². The zero-order valence-corrected chi connectivity index (χ0v) is 14.2. The minimum atomic E-state index is -0.266. The summed E-state index contributed by atoms with van der Waals surface area (Å²) >= 11 is 0. The summed E-state index contributed by atoms with van der Waals surface area (Å²) in [6.07, 6.45) is 0. The molecule has 1 aliphatic rings. The van der Waals surface area contributed by atoms with E-state index in [1.54, 1.807) is 31.1 Å². The lowest BCUT2D eigenvalue weighted by molar-refractivity contribution is -0.133. The van der Waals surface area contributed by atoms with Crippen LogP contribution in [0.25, 0.3) is 0 Å². The van der Waals surface area contributed by atoms with Crippen molar-refractivity contribution in [3.8, 4) is 5.75 Å². The van der Waals surface area contributed by atoms with Gasteiger partial charge in [-0.1, -0.05) is 0 Å². The summed E-state index contributed by atoms with van der Waals surface area (Å²) in [5.74, 6) is 0.559. The number of hydrogen-bond donors (Lipinski definition) is 0. The standard InChI is InChI=1S/C17H26FN3O2/c1-19(2)17(22)14-12-20(3)8-9-21(13-14)10-11-23-16-6-4-15(18)5-7-16/h4-7,14H,8-13H2,1-3H3. The molecule has 1 heterocycles. The molecule has 0 N–H and O–H groups in total. The Hall–Kier alpha value is -1.66. The van der Waals surface area contributed by atoms with Gasteiger partial charge in [-0.3, -0.25) is 9.69 Å². The van der Waals surface area contributed by atoms with Crippen LogP contribution in [0.5, 0.6) is 5.75 Å². The van der Waals surface area contributed by atoms with E-state index in [0.717, 1.165) is 32.7 Å². The third kappa shape index (κ3) is 5.48. The first-order valence-electron chi connectivity index (χ1n) is 7.96. The highest BCUT2D eigenvalue weighted by Crippen LogP contribution is 2.13. The van der Waals surface area contributed by atoms with Crippen LogP contribution in [0.15, 0.2) is 24.3 Å². The van der Waals surface area contributed by atoms with Gasteiger partial charge in [-0.15, -0.1) is 0 Å². The monoisotopic (exact) mass is 323 g/mol. The number of halogens is 1. The smallest absolute Gasteiger partial charge is 0.227 e. The number of hydrogen-bond acceptors (Lipinski definition) is 4. The Labute approximate surface area is 137 Å². The van der Waals surface area contributed by atoms with Crippen molar-refractivity contribution in [2.45, 2.75) is 0 Å². The summed E-state index contributed by atoms with van der Waals surface area (Å²) in [4.78, 5) is 18.4. The maximum atomic E-state index is 12.9. The fourth-order valence-electron chi connectivity index (χ4n) is 2.79. The van der Waals surface area contributed by atoms with Crippen LogP contribution < -0.4 is 4.74 Å². The number of benzene rings is 1. The van der Waals surface area contributed by atoms with Gasteiger partial charge in [0.15, 0.2) is 0 Å². The van der Waals surface area contributed by atoms with Crippen LogP contribution in [0.1, 0.15) is 0 Å². The van der Waals surface area contributed by atoms with Gasteiger partial charge in [0.05, 0.1) is 5.92 Å². The highest BCUT2D eigenvalue weighted by atomic mass is 19.1. The van der Waals surface area contributed by atoms with Gasteiger partial charge in [-0.2, -0.15) is 0 Å². The summed E-state index contributed by atoms with van der Waals surface area (Å²) in [6, 6.07) is 6.04. The first-order chi connectivity index (χ1) is 11.0. The van der Waals surface area contributed by atoms with Crippen molar-refractivity contribution in [3.05, 3.63) is 30.1 Å². The zero-order chi connectivity index (χ0) is 16.8. The van der Waals surface area contributed by atoms with Crippen molar-refractivity contribution in [1.29, 1.82) is 0 Å². The van der Waals surface area contributed by atoms with E-state index in [4.69, 9.17) is 4.74 Å². The molecule has 0 radical (unpaired) electrons. The van der Waals surface area contributed by atoms with Crippen molar-refractivity contribution in [3.63, 3.8) is 0 Å². The quantitative estimate of drug-likeness (QED) is 0.815. The minimum Gasteiger partial charge on any atom is -0.492 e. The largest absolute Gasteiger partial charge is 0.492 e. The molecular weight excluding hydrogens is 297 g/mol. The van der Waals surface area contributed by atoms with E-state index in [9.17, 15) is 9.18 Å². The first kappa shape index (κ1) is 17.7. The molecule has 1 saturated heterocycles. The van der Waals surface area contributed by atoms with Gasteiger partial charge in [-0.25, -0.2) is 4.39 Å². The highest BCUT2D eigenvalue weighted by molar-refractivity contribution is 5.78. The lowest BCUT2D eigenvalue weighted by Crippen LogP contribution is -2.41. The summed E-state index contributed by atoms with van der Waals surface area (Å²) in [7, 11) is 5.65. The van der Waals surface area contributed by atoms with E-state index in [0.29, 0.717) is 12.4 Å². The van der Waals surface area contributed by atoms with Gasteiger partial charge < -0.3 is 14.5 Å². The van der Waals surface area contributed by atoms with Crippen LogP contribution >= 0.6 is 0 Å². The lowest BCUT2D eigenvalue weighted by Gasteiger charge is -2.25. The van der Waals surface area contributed by atoms with Crippen molar-refractivity contribution in [2.75, 3.05) is 60.5 Å². The average molecular weight is 323 g/mol. The molecule has 1 aromatic rings. The lowest BCUT2D eigenvalue weighted by atomic mass is 10.1. The molecule has 1 fully saturated rings. The second-order valence-electron chi connectivity index (χ2n) is 6.29. The molecule has 0 aliphatic carbocycles. The number of rotatable bonds is 5. The number of carbonyl (C=O) groups excluding carboxylic acids is 1. The molecule has 2 rings (SSSR count). The van der Waals surface area contributed by atoms with Crippen molar-refractivity contribution >= 4 is 5.91 Å². The number of amides is 1. The highest BCUT2D eigenvalue weighted by Gasteiger charge is 2.27. The van der Waals surface area contributed by atoms with Crippen molar-refractivity contribution in [1.82, 2.24) is 14.7 Å². The molecule has 0 aromatic heterocycles. The van der Waals surface area contributed by atoms with E-state index in [2.05, 4.69) is 16.8 Å². The second kappa shape index (κ2) is 8.26. The molecule has 0 spiro atoms. The average Bonchev–Trinajstić information content (AvgIpc) is 2.70. The summed E-state index contributed by atoms with van der Waals surface area (Å²) in [6.45, 7) is 4.66. The van der Waals surface area contributed by atoms with Crippen LogP contribution in [0, 0.1) is 11.7 Å². The van der Waals surface area contributed by atoms with Crippen LogP contribution in [-0.2, 0) is 4.79 Å². The first-order valence-corrected chi connectivity index (χ1v) is 7.96. The Morgan fingerprint density at radius 1 is 1.26 bits per heavy atom. The third-order valence-corrected chi connectivity index (χ3v) is 4.09. The maximum Gasteiger partial charge on any atom is 0.227 e. The molecule has 0 bridgehead atoms. The second-order valence-corrected chi connectivity index (χ2v) is 6.29. The molecule has 128 valence electrons. The van der Waals surface area contributed by atoms with Gasteiger partial charge in [-0.05, 0) is 31.3 Å². The maximum absolute atomic E-state index is 12.9. The van der Waals surface area contributed by atoms with Crippen LogP contribution in [-0.4, -0.2) is 81.1 Å². The number of carbonyl (C=O) groups is 1. The SMILES string of the molecule is CN1CCN(CCOc2ccc(F)cc2)CC(C(=O)N(C)C)C1. The van der Waals surface area contributed by atoms with Crippen LogP contribution in [0.3, 0.4) is 0 Å².